The third-order valence-corrected chi connectivity index (χ3v) is 4.52. The largest absolute Gasteiger partial charge is 0.507 e. The van der Waals surface area contributed by atoms with Gasteiger partial charge in [0.1, 0.15) is 11.6 Å². The highest BCUT2D eigenvalue weighted by atomic mass is 19.4. The number of aromatic nitrogens is 1. The molecule has 1 heterocycles. The Hall–Kier alpha value is -4.87. The molecule has 188 valence electrons. The Balaban J connectivity index is 0.000000572. The maximum absolute atomic E-state index is 12.3. The molecule has 0 aliphatic rings. The number of phenolic OH excluding ortho intramolecular Hbond substituents is 1. The number of pyridine rings is 1. The molecule has 0 fully saturated rings. The molecule has 12 heteroatoms. The number of rotatable bonds is 6. The van der Waals surface area contributed by atoms with Crippen LogP contribution in [0.2, 0.25) is 0 Å². The molecule has 0 bridgehead atoms. The first-order valence-corrected chi connectivity index (χ1v) is 10.1. The molecule has 36 heavy (non-hydrogen) atoms. The highest BCUT2D eigenvalue weighted by molar-refractivity contribution is 5.96. The lowest BCUT2D eigenvalue weighted by atomic mass is 10.1. The van der Waals surface area contributed by atoms with Crippen LogP contribution in [0.1, 0.15) is 21.5 Å². The maximum atomic E-state index is 12.3. The molecule has 0 radical (unpaired) electrons. The number of carboxylic acid groups (broad SMARTS) is 1. The summed E-state index contributed by atoms with van der Waals surface area (Å²) in [6.45, 7) is 0.268. The minimum Gasteiger partial charge on any atom is -0.507 e. The minimum absolute atomic E-state index is 0.0652. The molecule has 1 aromatic heterocycles. The Bertz CT molecular complexity index is 1310. The van der Waals surface area contributed by atoms with Gasteiger partial charge >= 0.3 is 12.1 Å². The van der Waals surface area contributed by atoms with Gasteiger partial charge in [0.25, 0.3) is 5.91 Å². The normalized spacial score (nSPS) is 10.9. The number of amides is 1. The lowest BCUT2D eigenvalue weighted by Crippen LogP contribution is -2.23. The monoisotopic (exact) mass is 502 g/mol. The summed E-state index contributed by atoms with van der Waals surface area (Å²) < 4.78 is 31.7. The second-order valence-corrected chi connectivity index (χ2v) is 7.12. The van der Waals surface area contributed by atoms with Crippen molar-refractivity contribution in [2.75, 3.05) is 6.54 Å². The average Bonchev–Trinajstić information content (AvgIpc) is 2.83. The van der Waals surface area contributed by atoms with E-state index in [1.165, 1.54) is 12.1 Å². The van der Waals surface area contributed by atoms with E-state index in [9.17, 15) is 27.9 Å². The van der Waals surface area contributed by atoms with E-state index in [2.05, 4.69) is 10.3 Å². The highest BCUT2D eigenvalue weighted by Gasteiger charge is 2.38. The van der Waals surface area contributed by atoms with Crippen LogP contribution >= 0.6 is 0 Å². The van der Waals surface area contributed by atoms with E-state index in [1.54, 1.807) is 48.7 Å². The number of nitrogens with one attached hydrogen (secondary N) is 3. The number of aromatic amines is 1. The van der Waals surface area contributed by atoms with Crippen molar-refractivity contribution in [3.63, 3.8) is 0 Å². The third kappa shape index (κ3) is 8.17. The highest BCUT2D eigenvalue weighted by Crippen LogP contribution is 2.20. The van der Waals surface area contributed by atoms with Crippen LogP contribution in [0.3, 0.4) is 0 Å². The molecule has 0 aliphatic heterocycles. The summed E-state index contributed by atoms with van der Waals surface area (Å²) in [7, 11) is 0. The predicted octanol–water partition coefficient (Wildman–Crippen LogP) is 3.11. The van der Waals surface area contributed by atoms with E-state index in [0.29, 0.717) is 16.7 Å². The number of phenols is 1. The summed E-state index contributed by atoms with van der Waals surface area (Å²) in [6, 6.07) is 14.8. The van der Waals surface area contributed by atoms with Gasteiger partial charge in [-0.25, -0.2) is 4.79 Å². The van der Waals surface area contributed by atoms with Gasteiger partial charge in [-0.15, -0.1) is 0 Å². The molecule has 2 aromatic carbocycles. The SMILES string of the molecule is N=C(N)c1ccc(O)c(/C=C/CNC(=O)c2ccc(-c3ccc(=O)[nH]c3)cc2)c1.O=C(O)C(F)(F)F. The first-order valence-electron chi connectivity index (χ1n) is 10.1. The fourth-order valence-corrected chi connectivity index (χ4v) is 2.70. The summed E-state index contributed by atoms with van der Waals surface area (Å²) in [5.74, 6) is -3.01. The summed E-state index contributed by atoms with van der Waals surface area (Å²) in [5, 5.41) is 27.2. The van der Waals surface area contributed by atoms with E-state index in [1.807, 2.05) is 12.1 Å². The first kappa shape index (κ1) is 27.4. The quantitative estimate of drug-likeness (QED) is 0.223. The number of nitrogen functional groups attached to an aromatic ring is 1. The van der Waals surface area contributed by atoms with Gasteiger partial charge in [-0.3, -0.25) is 15.0 Å². The van der Waals surface area contributed by atoms with E-state index in [4.69, 9.17) is 21.0 Å². The predicted molar refractivity (Wildman–Crippen MR) is 127 cm³/mol. The van der Waals surface area contributed by atoms with Crippen LogP contribution in [-0.4, -0.2) is 45.6 Å². The van der Waals surface area contributed by atoms with Crippen molar-refractivity contribution < 1.29 is 33.0 Å². The van der Waals surface area contributed by atoms with Crippen molar-refractivity contribution >= 4 is 23.8 Å². The average molecular weight is 502 g/mol. The number of benzene rings is 2. The Morgan fingerprint density at radius 1 is 1.03 bits per heavy atom. The van der Waals surface area contributed by atoms with Gasteiger partial charge in [-0.1, -0.05) is 24.3 Å². The molecule has 0 spiro atoms. The second kappa shape index (κ2) is 12.0. The number of alkyl halides is 3. The molecule has 0 aliphatic carbocycles. The smallest absolute Gasteiger partial charge is 0.490 e. The Morgan fingerprint density at radius 2 is 1.61 bits per heavy atom. The van der Waals surface area contributed by atoms with E-state index in [0.717, 1.165) is 11.1 Å². The van der Waals surface area contributed by atoms with Gasteiger partial charge in [0.05, 0.1) is 0 Å². The number of amidine groups is 1. The summed E-state index contributed by atoms with van der Waals surface area (Å²) in [4.78, 5) is 34.9. The van der Waals surface area contributed by atoms with Crippen LogP contribution in [0.5, 0.6) is 5.75 Å². The van der Waals surface area contributed by atoms with Crippen LogP contribution in [-0.2, 0) is 4.79 Å². The fourth-order valence-electron chi connectivity index (χ4n) is 2.70. The summed E-state index contributed by atoms with van der Waals surface area (Å²) >= 11 is 0. The van der Waals surface area contributed by atoms with Crippen LogP contribution < -0.4 is 16.6 Å². The van der Waals surface area contributed by atoms with Gasteiger partial charge < -0.3 is 26.2 Å². The molecule has 3 rings (SSSR count). The van der Waals surface area contributed by atoms with Crippen LogP contribution in [0.25, 0.3) is 17.2 Å². The number of nitrogens with two attached hydrogens (primary N) is 1. The number of aliphatic carboxylic acids is 1. The molecule has 0 saturated carbocycles. The molecule has 0 saturated heterocycles. The Kier molecular flexibility index (Phi) is 9.14. The molecular weight excluding hydrogens is 481 g/mol. The van der Waals surface area contributed by atoms with Crippen molar-refractivity contribution in [3.8, 4) is 16.9 Å². The van der Waals surface area contributed by atoms with Gasteiger partial charge in [-0.05, 0) is 47.5 Å². The third-order valence-electron chi connectivity index (χ3n) is 4.52. The van der Waals surface area contributed by atoms with Crippen molar-refractivity contribution in [3.05, 3.63) is 93.9 Å². The number of carbonyl (C=O) groups excluding carboxylic acids is 1. The second-order valence-electron chi connectivity index (χ2n) is 7.12. The number of carbonyl (C=O) groups is 2. The maximum Gasteiger partial charge on any atom is 0.490 e. The van der Waals surface area contributed by atoms with Gasteiger partial charge in [0.2, 0.25) is 5.56 Å². The van der Waals surface area contributed by atoms with Crippen molar-refractivity contribution in [1.82, 2.24) is 10.3 Å². The fraction of sp³-hybridized carbons (Fsp3) is 0.0833. The Morgan fingerprint density at radius 3 is 2.14 bits per heavy atom. The van der Waals surface area contributed by atoms with Crippen molar-refractivity contribution in [1.29, 1.82) is 5.41 Å². The molecule has 1 amide bonds. The summed E-state index contributed by atoms with van der Waals surface area (Å²) in [5.41, 5.74) is 8.55. The first-order chi connectivity index (χ1) is 16.9. The zero-order valence-electron chi connectivity index (χ0n) is 18.5. The van der Waals surface area contributed by atoms with Crippen molar-refractivity contribution in [2.24, 2.45) is 5.73 Å². The zero-order valence-corrected chi connectivity index (χ0v) is 18.5. The molecular formula is C24H21F3N4O5. The molecule has 7 N–H and O–H groups in total. The molecule has 9 nitrogen and oxygen atoms in total. The standard InChI is InChI=1S/C22H20N4O3.C2HF3O2/c23-21(24)17-7-9-19(27)16(12-17)2-1-11-25-22(29)15-5-3-14(4-6-15)18-8-10-20(28)26-13-18;3-2(4,5)1(6)7/h1-10,12-13,27H,11H2,(H3,23,24)(H,25,29)(H,26,28);(H,6,7)/b2-1+;. The topological polar surface area (TPSA) is 169 Å². The van der Waals surface area contributed by atoms with Gasteiger partial charge in [0, 0.05) is 35.5 Å². The van der Waals surface area contributed by atoms with Crippen molar-refractivity contribution in [2.45, 2.75) is 6.18 Å². The molecule has 3 aromatic rings. The van der Waals surface area contributed by atoms with Crippen LogP contribution in [0.4, 0.5) is 13.2 Å². The number of halogens is 3. The van der Waals surface area contributed by atoms with Gasteiger partial charge in [0.15, 0.2) is 0 Å². The molecule has 0 atom stereocenters. The lowest BCUT2D eigenvalue weighted by Gasteiger charge is -2.05. The Labute approximate surface area is 202 Å². The number of hydrogen-bond donors (Lipinski definition) is 6. The number of H-pyrrole nitrogens is 1. The minimum atomic E-state index is -5.08. The van der Waals surface area contributed by atoms with Crippen LogP contribution in [0, 0.1) is 5.41 Å². The van der Waals surface area contributed by atoms with E-state index < -0.39 is 12.1 Å². The van der Waals surface area contributed by atoms with E-state index >= 15 is 0 Å². The number of aromatic hydroxyl groups is 1. The number of carboxylic acids is 1. The van der Waals surface area contributed by atoms with Crippen LogP contribution in [0.15, 0.2) is 71.7 Å². The number of hydrogen-bond acceptors (Lipinski definition) is 5. The zero-order chi connectivity index (χ0) is 26.9. The molecule has 0 unspecified atom stereocenters. The van der Waals surface area contributed by atoms with E-state index in [-0.39, 0.29) is 29.6 Å². The lowest BCUT2D eigenvalue weighted by molar-refractivity contribution is -0.192. The van der Waals surface area contributed by atoms with Gasteiger partial charge in [-0.2, -0.15) is 13.2 Å². The summed E-state index contributed by atoms with van der Waals surface area (Å²) in [6.07, 6.45) is -0.106.